The molecule has 0 saturated carbocycles. The smallest absolute Gasteiger partial charge is 0.00465 e. The summed E-state index contributed by atoms with van der Waals surface area (Å²) in [6.45, 7) is 9.05. The molecule has 1 N–H and O–H groups in total. The van der Waals surface area contributed by atoms with Crippen LogP contribution in [0, 0.1) is 5.92 Å². The van der Waals surface area contributed by atoms with Crippen LogP contribution in [0.15, 0.2) is 0 Å². The number of hydrogen-bond acceptors (Lipinski definition) is 1. The number of rotatable bonds is 6. The molecular formula is C9H21N. The molecule has 0 heterocycles. The lowest BCUT2D eigenvalue weighted by molar-refractivity contribution is 0.469. The third-order valence-electron chi connectivity index (χ3n) is 1.85. The minimum absolute atomic E-state index is 0.907. The molecule has 0 fully saturated rings. The van der Waals surface area contributed by atoms with Gasteiger partial charge in [-0.25, -0.2) is 0 Å². The SMILES string of the molecule is CCC[C@@H](C)CCNCC. The van der Waals surface area contributed by atoms with Gasteiger partial charge in [-0.1, -0.05) is 33.6 Å². The average molecular weight is 143 g/mol. The molecule has 0 spiro atoms. The van der Waals surface area contributed by atoms with Crippen molar-refractivity contribution in [2.75, 3.05) is 13.1 Å². The third kappa shape index (κ3) is 6.09. The monoisotopic (exact) mass is 143 g/mol. The lowest BCUT2D eigenvalue weighted by Gasteiger charge is -2.08. The fraction of sp³-hybridized carbons (Fsp3) is 1.00. The second-order valence-electron chi connectivity index (χ2n) is 3.04. The topological polar surface area (TPSA) is 12.0 Å². The van der Waals surface area contributed by atoms with Crippen LogP contribution in [-0.2, 0) is 0 Å². The highest BCUT2D eigenvalue weighted by molar-refractivity contribution is 4.53. The van der Waals surface area contributed by atoms with E-state index in [1.807, 2.05) is 0 Å². The zero-order valence-electron chi connectivity index (χ0n) is 7.61. The third-order valence-corrected chi connectivity index (χ3v) is 1.85. The molecule has 0 bridgehead atoms. The lowest BCUT2D eigenvalue weighted by atomic mass is 10.0. The standard InChI is InChI=1S/C9H21N/c1-4-6-9(3)7-8-10-5-2/h9-10H,4-8H2,1-3H3/t9-/m1/s1. The average Bonchev–Trinajstić information content (AvgIpc) is 1.89. The molecule has 1 atom stereocenters. The van der Waals surface area contributed by atoms with Crippen molar-refractivity contribution >= 4 is 0 Å². The first-order valence-corrected chi connectivity index (χ1v) is 4.52. The number of nitrogens with one attached hydrogen (secondary N) is 1. The Hall–Kier alpha value is -0.0400. The summed E-state index contributed by atoms with van der Waals surface area (Å²) in [5.41, 5.74) is 0. The van der Waals surface area contributed by atoms with Crippen molar-refractivity contribution in [2.45, 2.75) is 40.0 Å². The Kier molecular flexibility index (Phi) is 7.04. The lowest BCUT2D eigenvalue weighted by Crippen LogP contribution is -2.16. The van der Waals surface area contributed by atoms with E-state index >= 15 is 0 Å². The summed E-state index contributed by atoms with van der Waals surface area (Å²) in [6, 6.07) is 0. The van der Waals surface area contributed by atoms with Crippen LogP contribution < -0.4 is 5.32 Å². The van der Waals surface area contributed by atoms with Gasteiger partial charge in [-0.3, -0.25) is 0 Å². The van der Waals surface area contributed by atoms with Crippen molar-refractivity contribution in [1.29, 1.82) is 0 Å². The molecule has 0 aromatic carbocycles. The van der Waals surface area contributed by atoms with Gasteiger partial charge in [0, 0.05) is 0 Å². The fourth-order valence-electron chi connectivity index (χ4n) is 1.16. The van der Waals surface area contributed by atoms with Crippen molar-refractivity contribution in [3.05, 3.63) is 0 Å². The van der Waals surface area contributed by atoms with Gasteiger partial charge in [0.1, 0.15) is 0 Å². The molecule has 0 aromatic rings. The molecule has 1 nitrogen and oxygen atoms in total. The molecule has 0 amide bonds. The molecule has 1 heteroatoms. The second kappa shape index (κ2) is 7.07. The Morgan fingerprint density at radius 3 is 2.40 bits per heavy atom. The van der Waals surface area contributed by atoms with Gasteiger partial charge in [-0.15, -0.1) is 0 Å². The molecule has 0 aliphatic rings. The van der Waals surface area contributed by atoms with Gasteiger partial charge >= 0.3 is 0 Å². The van der Waals surface area contributed by atoms with E-state index in [2.05, 4.69) is 26.1 Å². The second-order valence-corrected chi connectivity index (χ2v) is 3.04. The highest BCUT2D eigenvalue weighted by Crippen LogP contribution is 2.07. The molecule has 0 aliphatic heterocycles. The maximum absolute atomic E-state index is 3.34. The van der Waals surface area contributed by atoms with E-state index in [0.29, 0.717) is 0 Å². The summed E-state index contributed by atoms with van der Waals surface area (Å²) in [6.07, 6.45) is 4.04. The van der Waals surface area contributed by atoms with Gasteiger partial charge in [0.25, 0.3) is 0 Å². The predicted molar refractivity (Wildman–Crippen MR) is 47.2 cm³/mol. The number of hydrogen-bond donors (Lipinski definition) is 1. The molecule has 62 valence electrons. The summed E-state index contributed by atoms with van der Waals surface area (Å²) in [4.78, 5) is 0. The van der Waals surface area contributed by atoms with E-state index in [1.165, 1.54) is 25.8 Å². The normalized spacial score (nSPS) is 13.5. The summed E-state index contributed by atoms with van der Waals surface area (Å²) in [5.74, 6) is 0.907. The highest BCUT2D eigenvalue weighted by atomic mass is 14.8. The minimum atomic E-state index is 0.907. The van der Waals surface area contributed by atoms with Crippen molar-refractivity contribution in [3.8, 4) is 0 Å². The first-order chi connectivity index (χ1) is 4.81. The quantitative estimate of drug-likeness (QED) is 0.563. The van der Waals surface area contributed by atoms with Crippen LogP contribution in [-0.4, -0.2) is 13.1 Å². The van der Waals surface area contributed by atoms with E-state index < -0.39 is 0 Å². The summed E-state index contributed by atoms with van der Waals surface area (Å²) >= 11 is 0. The molecule has 0 aromatic heterocycles. The molecule has 0 aliphatic carbocycles. The van der Waals surface area contributed by atoms with Gasteiger partial charge in [0.05, 0.1) is 0 Å². The zero-order valence-corrected chi connectivity index (χ0v) is 7.61. The Bertz CT molecular complexity index is 61.7. The summed E-state index contributed by atoms with van der Waals surface area (Å²) in [5, 5.41) is 3.34. The largest absolute Gasteiger partial charge is 0.317 e. The van der Waals surface area contributed by atoms with Gasteiger partial charge in [0.15, 0.2) is 0 Å². The van der Waals surface area contributed by atoms with Crippen LogP contribution in [0.25, 0.3) is 0 Å². The van der Waals surface area contributed by atoms with Crippen LogP contribution in [0.5, 0.6) is 0 Å². The Labute approximate surface area is 65.2 Å². The molecule has 0 radical (unpaired) electrons. The molecule has 0 saturated heterocycles. The Balaban J connectivity index is 2.97. The minimum Gasteiger partial charge on any atom is -0.317 e. The maximum atomic E-state index is 3.34. The summed E-state index contributed by atoms with van der Waals surface area (Å²) < 4.78 is 0. The van der Waals surface area contributed by atoms with Crippen LogP contribution in [0.1, 0.15) is 40.0 Å². The van der Waals surface area contributed by atoms with Crippen LogP contribution in [0.2, 0.25) is 0 Å². The highest BCUT2D eigenvalue weighted by Gasteiger charge is 1.97. The van der Waals surface area contributed by atoms with Crippen LogP contribution in [0.4, 0.5) is 0 Å². The summed E-state index contributed by atoms with van der Waals surface area (Å²) in [7, 11) is 0. The Morgan fingerprint density at radius 2 is 1.90 bits per heavy atom. The fourth-order valence-corrected chi connectivity index (χ4v) is 1.16. The van der Waals surface area contributed by atoms with Crippen molar-refractivity contribution in [1.82, 2.24) is 5.32 Å². The van der Waals surface area contributed by atoms with Crippen LogP contribution >= 0.6 is 0 Å². The van der Waals surface area contributed by atoms with E-state index in [1.54, 1.807) is 0 Å². The van der Waals surface area contributed by atoms with Gasteiger partial charge in [-0.2, -0.15) is 0 Å². The van der Waals surface area contributed by atoms with E-state index in [-0.39, 0.29) is 0 Å². The first kappa shape index (κ1) is 9.96. The maximum Gasteiger partial charge on any atom is -0.00465 e. The molecule has 0 unspecified atom stereocenters. The predicted octanol–water partition coefficient (Wildman–Crippen LogP) is 2.42. The van der Waals surface area contributed by atoms with Crippen molar-refractivity contribution in [2.24, 2.45) is 5.92 Å². The van der Waals surface area contributed by atoms with E-state index in [0.717, 1.165) is 12.5 Å². The van der Waals surface area contributed by atoms with Gasteiger partial charge < -0.3 is 5.32 Å². The van der Waals surface area contributed by atoms with E-state index in [4.69, 9.17) is 0 Å². The zero-order chi connectivity index (χ0) is 7.82. The first-order valence-electron chi connectivity index (χ1n) is 4.52. The Morgan fingerprint density at radius 1 is 1.20 bits per heavy atom. The van der Waals surface area contributed by atoms with Crippen molar-refractivity contribution < 1.29 is 0 Å². The molecule has 0 rings (SSSR count). The van der Waals surface area contributed by atoms with E-state index in [9.17, 15) is 0 Å². The van der Waals surface area contributed by atoms with Crippen LogP contribution in [0.3, 0.4) is 0 Å². The van der Waals surface area contributed by atoms with Crippen molar-refractivity contribution in [3.63, 3.8) is 0 Å². The van der Waals surface area contributed by atoms with Gasteiger partial charge in [0.2, 0.25) is 0 Å². The molecular weight excluding hydrogens is 122 g/mol. The molecule has 10 heavy (non-hydrogen) atoms. The van der Waals surface area contributed by atoms with Gasteiger partial charge in [-0.05, 0) is 25.4 Å².